The van der Waals surface area contributed by atoms with Crippen LogP contribution in [0.2, 0.25) is 0 Å². The van der Waals surface area contributed by atoms with Crippen LogP contribution in [0.1, 0.15) is 51.0 Å². The minimum Gasteiger partial charge on any atom is -0.491 e. The van der Waals surface area contributed by atoms with Crippen molar-refractivity contribution in [3.63, 3.8) is 0 Å². The summed E-state index contributed by atoms with van der Waals surface area (Å²) < 4.78 is 33.8. The molecule has 4 aliphatic rings. The Kier molecular flexibility index (Phi) is 7.89. The molecule has 2 heterocycles. The van der Waals surface area contributed by atoms with Crippen molar-refractivity contribution in [2.75, 3.05) is 43.9 Å². The lowest BCUT2D eigenvalue weighted by atomic mass is 9.51. The molecule has 2 aliphatic heterocycles. The Morgan fingerprint density at radius 1 is 1.20 bits per heavy atom. The van der Waals surface area contributed by atoms with Gasteiger partial charge in [0.1, 0.15) is 11.5 Å². The van der Waals surface area contributed by atoms with E-state index in [1.165, 1.54) is 13.1 Å². The van der Waals surface area contributed by atoms with Gasteiger partial charge in [0, 0.05) is 42.5 Å². The lowest BCUT2D eigenvalue weighted by molar-refractivity contribution is -0.157. The molecule has 2 aliphatic carbocycles. The van der Waals surface area contributed by atoms with Gasteiger partial charge in [-0.25, -0.2) is 17.5 Å². The van der Waals surface area contributed by atoms with E-state index in [1.54, 1.807) is 18.2 Å². The normalized spacial score (nSPS) is 35.4. The summed E-state index contributed by atoms with van der Waals surface area (Å²) in [6.07, 6.45) is 15.8. The zero-order valence-corrected chi connectivity index (χ0v) is 24.8. The molecule has 218 valence electrons. The number of benzene rings is 1. The minimum atomic E-state index is -4.09. The fraction of sp³-hybridized carbons (Fsp3) is 0.567. The lowest BCUT2D eigenvalue weighted by Crippen LogP contribution is -2.55. The van der Waals surface area contributed by atoms with Crippen molar-refractivity contribution in [1.29, 1.82) is 0 Å². The third-order valence-electron chi connectivity index (χ3n) is 9.61. The van der Waals surface area contributed by atoms with Crippen molar-refractivity contribution in [2.45, 2.75) is 51.0 Å². The summed E-state index contributed by atoms with van der Waals surface area (Å²) >= 11 is 6.42. The molecule has 40 heavy (non-hydrogen) atoms. The fourth-order valence-electron chi connectivity index (χ4n) is 6.87. The molecule has 2 unspecified atom stereocenters. The number of ether oxygens (including phenoxy) is 1. The van der Waals surface area contributed by atoms with Crippen molar-refractivity contribution >= 4 is 33.3 Å². The minimum absolute atomic E-state index is 0.0192. The third kappa shape index (κ3) is 5.10. The average molecular weight is 591 g/mol. The molecule has 1 saturated carbocycles. The SMILES string of the molecule is CN1C/C=C/CCCCN2C[C@@]3(CCCC4C=C(Cl)C=CC43C)COc3ccc(cc32)[C@@](O)(C(=O)O)CS1(=O)=O. The van der Waals surface area contributed by atoms with Gasteiger partial charge in [0.2, 0.25) is 15.6 Å². The van der Waals surface area contributed by atoms with Gasteiger partial charge in [0.25, 0.3) is 0 Å². The van der Waals surface area contributed by atoms with E-state index in [0.717, 1.165) is 54.4 Å². The first-order chi connectivity index (χ1) is 18.9. The highest BCUT2D eigenvalue weighted by molar-refractivity contribution is 7.89. The summed E-state index contributed by atoms with van der Waals surface area (Å²) in [4.78, 5) is 14.7. The summed E-state index contributed by atoms with van der Waals surface area (Å²) in [7, 11) is -2.70. The van der Waals surface area contributed by atoms with E-state index in [4.69, 9.17) is 16.3 Å². The Morgan fingerprint density at radius 3 is 2.77 bits per heavy atom. The molecule has 1 fully saturated rings. The number of sulfonamides is 1. The highest BCUT2D eigenvalue weighted by atomic mass is 35.5. The van der Waals surface area contributed by atoms with E-state index in [1.807, 2.05) is 12.2 Å². The molecule has 8 nitrogen and oxygen atoms in total. The fourth-order valence-corrected chi connectivity index (χ4v) is 8.44. The van der Waals surface area contributed by atoms with E-state index >= 15 is 0 Å². The van der Waals surface area contributed by atoms with Crippen molar-refractivity contribution < 1.29 is 28.2 Å². The van der Waals surface area contributed by atoms with E-state index in [0.29, 0.717) is 24.6 Å². The first-order valence-electron chi connectivity index (χ1n) is 14.0. The smallest absolute Gasteiger partial charge is 0.341 e. The second-order valence-corrected chi connectivity index (χ2v) is 14.5. The molecule has 1 aromatic carbocycles. The van der Waals surface area contributed by atoms with Crippen LogP contribution in [-0.4, -0.2) is 67.9 Å². The summed E-state index contributed by atoms with van der Waals surface area (Å²) in [5.74, 6) is -1.69. The molecule has 1 spiro atoms. The number of likely N-dealkylation sites (N-methyl/N-ethyl adjacent to an activating group) is 1. The molecule has 0 amide bonds. The zero-order chi connectivity index (χ0) is 28.8. The van der Waals surface area contributed by atoms with Gasteiger partial charge in [-0.2, -0.15) is 0 Å². The molecule has 2 bridgehead atoms. The molecular formula is C30H39ClN2O6S. The number of halogens is 1. The highest BCUT2D eigenvalue weighted by Crippen LogP contribution is 2.59. The predicted octanol–water partition coefficient (Wildman–Crippen LogP) is 4.64. The number of carboxylic acid groups (broad SMARTS) is 1. The number of carbonyl (C=O) groups is 1. The number of aliphatic hydroxyl groups is 1. The number of hydrogen-bond donors (Lipinski definition) is 2. The standard InChI is InChI=1S/C30H39ClN2O6S/c1-28-14-12-24(31)17-22(28)9-8-13-29(28)19-33-16-7-5-3-4-6-15-32(2)40(37,38)21-30(36,27(34)35)23-10-11-26(39-20-29)25(33)18-23/h4,6,10-12,14,17-18,22,36H,3,5,7-9,13,15-16,19-21H2,1-2H3,(H,34,35)/b6-4+/t22?,28?,29-,30+/m0/s1. The monoisotopic (exact) mass is 590 g/mol. The number of allylic oxidation sites excluding steroid dienone is 5. The van der Waals surface area contributed by atoms with E-state index in [-0.39, 0.29) is 28.9 Å². The van der Waals surface area contributed by atoms with E-state index < -0.39 is 27.3 Å². The number of nitrogens with zero attached hydrogens (tertiary/aromatic N) is 2. The second-order valence-electron chi connectivity index (χ2n) is 12.0. The quantitative estimate of drug-likeness (QED) is 0.459. The van der Waals surface area contributed by atoms with Crippen LogP contribution in [0.25, 0.3) is 0 Å². The maximum absolute atomic E-state index is 13.1. The Hall–Kier alpha value is -2.33. The summed E-state index contributed by atoms with van der Waals surface area (Å²) in [5.41, 5.74) is -2.33. The van der Waals surface area contributed by atoms with Crippen LogP contribution in [0.5, 0.6) is 5.75 Å². The maximum atomic E-state index is 13.1. The summed E-state index contributed by atoms with van der Waals surface area (Å²) in [5, 5.41) is 22.3. The number of anilines is 1. The highest BCUT2D eigenvalue weighted by Gasteiger charge is 2.55. The van der Waals surface area contributed by atoms with Crippen LogP contribution in [0, 0.1) is 16.7 Å². The van der Waals surface area contributed by atoms with Crippen molar-refractivity contribution in [3.8, 4) is 5.75 Å². The maximum Gasteiger partial charge on any atom is 0.341 e. The van der Waals surface area contributed by atoms with E-state index in [9.17, 15) is 23.4 Å². The van der Waals surface area contributed by atoms with Crippen molar-refractivity contribution in [2.24, 2.45) is 16.7 Å². The van der Waals surface area contributed by atoms with Crippen LogP contribution in [0.15, 0.2) is 53.6 Å². The van der Waals surface area contributed by atoms with Gasteiger partial charge in [-0.1, -0.05) is 55.3 Å². The molecule has 5 rings (SSSR count). The van der Waals surface area contributed by atoms with Crippen LogP contribution >= 0.6 is 11.6 Å². The number of rotatable bonds is 1. The Balaban J connectivity index is 1.60. The van der Waals surface area contributed by atoms with Gasteiger partial charge < -0.3 is 19.8 Å². The molecule has 10 heteroatoms. The molecular weight excluding hydrogens is 552 g/mol. The third-order valence-corrected chi connectivity index (χ3v) is 11.7. The second kappa shape index (κ2) is 10.8. The number of carboxylic acids is 1. The Bertz CT molecular complexity index is 1360. The molecule has 4 atom stereocenters. The largest absolute Gasteiger partial charge is 0.491 e. The molecule has 0 saturated heterocycles. The van der Waals surface area contributed by atoms with Crippen LogP contribution in [0.4, 0.5) is 5.69 Å². The first-order valence-corrected chi connectivity index (χ1v) is 16.0. The zero-order valence-electron chi connectivity index (χ0n) is 23.2. The van der Waals surface area contributed by atoms with Gasteiger partial charge in [0.15, 0.2) is 0 Å². The molecule has 0 aromatic heterocycles. The van der Waals surface area contributed by atoms with Crippen molar-refractivity contribution in [3.05, 3.63) is 59.2 Å². The van der Waals surface area contributed by atoms with Crippen LogP contribution in [0.3, 0.4) is 0 Å². The lowest BCUT2D eigenvalue weighted by Gasteiger charge is -2.55. The number of aliphatic carboxylic acids is 1. The van der Waals surface area contributed by atoms with Crippen LogP contribution in [-0.2, 0) is 20.4 Å². The average Bonchev–Trinajstić information content (AvgIpc) is 3.06. The van der Waals surface area contributed by atoms with Gasteiger partial charge in [-0.3, -0.25) is 0 Å². The van der Waals surface area contributed by atoms with Gasteiger partial charge >= 0.3 is 5.97 Å². The molecule has 2 N–H and O–H groups in total. The number of hydrogen-bond acceptors (Lipinski definition) is 6. The van der Waals surface area contributed by atoms with Gasteiger partial charge in [0.05, 0.1) is 12.3 Å². The number of fused-ring (bicyclic) bond motifs is 3. The summed E-state index contributed by atoms with van der Waals surface area (Å²) in [6, 6.07) is 4.77. The van der Waals surface area contributed by atoms with Gasteiger partial charge in [-0.15, -0.1) is 0 Å². The van der Waals surface area contributed by atoms with E-state index in [2.05, 4.69) is 24.0 Å². The van der Waals surface area contributed by atoms with Crippen LogP contribution < -0.4 is 9.64 Å². The van der Waals surface area contributed by atoms with Gasteiger partial charge in [-0.05, 0) is 61.8 Å². The molecule has 0 radical (unpaired) electrons. The topological polar surface area (TPSA) is 107 Å². The molecule has 1 aromatic rings. The van der Waals surface area contributed by atoms with Crippen molar-refractivity contribution in [1.82, 2.24) is 4.31 Å². The Labute approximate surface area is 242 Å². The predicted molar refractivity (Wildman–Crippen MR) is 156 cm³/mol. The summed E-state index contributed by atoms with van der Waals surface area (Å²) in [6.45, 7) is 4.30. The first kappa shape index (κ1) is 29.2. The Morgan fingerprint density at radius 2 is 2.00 bits per heavy atom.